The van der Waals surface area contributed by atoms with Crippen molar-refractivity contribution in [1.82, 2.24) is 4.90 Å². The van der Waals surface area contributed by atoms with Gasteiger partial charge in [-0.05, 0) is 31.5 Å². The Balaban J connectivity index is 2.67. The number of Topliss-reactive ketones (excluding diaryl/α,β-unsaturated/α-hetero) is 1. The molecule has 0 unspecified atom stereocenters. The fourth-order valence-corrected chi connectivity index (χ4v) is 1.86. The van der Waals surface area contributed by atoms with E-state index in [9.17, 15) is 9.59 Å². The lowest BCUT2D eigenvalue weighted by atomic mass is 10.2. The van der Waals surface area contributed by atoms with Crippen molar-refractivity contribution in [3.8, 4) is 5.75 Å². The number of methoxy groups -OCH3 is 1. The molecule has 20 heavy (non-hydrogen) atoms. The summed E-state index contributed by atoms with van der Waals surface area (Å²) in [4.78, 5) is 24.6. The van der Waals surface area contributed by atoms with Crippen molar-refractivity contribution in [1.29, 1.82) is 0 Å². The van der Waals surface area contributed by atoms with E-state index in [0.717, 1.165) is 11.3 Å². The number of nitrogens with zero attached hydrogens (tertiary/aromatic N) is 1. The molecule has 0 heterocycles. The molecule has 0 aliphatic rings. The summed E-state index contributed by atoms with van der Waals surface area (Å²) >= 11 is 0. The van der Waals surface area contributed by atoms with E-state index in [2.05, 4.69) is 0 Å². The topological polar surface area (TPSA) is 55.8 Å². The second kappa shape index (κ2) is 8.32. The van der Waals surface area contributed by atoms with Gasteiger partial charge in [-0.3, -0.25) is 14.5 Å². The van der Waals surface area contributed by atoms with E-state index >= 15 is 0 Å². The van der Waals surface area contributed by atoms with Crippen LogP contribution in [0.2, 0.25) is 0 Å². The Morgan fingerprint density at radius 1 is 1.15 bits per heavy atom. The van der Waals surface area contributed by atoms with Crippen molar-refractivity contribution in [2.24, 2.45) is 0 Å². The Labute approximate surface area is 119 Å². The molecule has 0 aromatic heterocycles. The summed E-state index contributed by atoms with van der Waals surface area (Å²) in [6, 6.07) is 7.53. The first-order chi connectivity index (χ1) is 9.55. The van der Waals surface area contributed by atoms with E-state index in [0.29, 0.717) is 13.2 Å². The average Bonchev–Trinajstić information content (AvgIpc) is 2.39. The predicted molar refractivity (Wildman–Crippen MR) is 75.6 cm³/mol. The van der Waals surface area contributed by atoms with Crippen LogP contribution in [-0.2, 0) is 20.9 Å². The number of ketones is 1. The molecule has 0 spiro atoms. The first-order valence-corrected chi connectivity index (χ1v) is 6.55. The summed E-state index contributed by atoms with van der Waals surface area (Å²) in [6.07, 6.45) is 0. The fraction of sp³-hybridized carbons (Fsp3) is 0.467. The molecule has 5 nitrogen and oxygen atoms in total. The van der Waals surface area contributed by atoms with Gasteiger partial charge in [-0.25, -0.2) is 0 Å². The van der Waals surface area contributed by atoms with Gasteiger partial charge < -0.3 is 9.47 Å². The van der Waals surface area contributed by atoms with Crippen molar-refractivity contribution < 1.29 is 19.1 Å². The summed E-state index contributed by atoms with van der Waals surface area (Å²) in [6.45, 7) is 4.46. The summed E-state index contributed by atoms with van der Waals surface area (Å²) in [7, 11) is 1.61. The van der Waals surface area contributed by atoms with E-state index in [-0.39, 0.29) is 24.8 Å². The summed E-state index contributed by atoms with van der Waals surface area (Å²) in [5, 5.41) is 0. The maximum Gasteiger partial charge on any atom is 0.320 e. The van der Waals surface area contributed by atoms with E-state index in [1.807, 2.05) is 24.3 Å². The van der Waals surface area contributed by atoms with Gasteiger partial charge >= 0.3 is 5.97 Å². The number of rotatable bonds is 8. The number of esters is 1. The number of carbonyl (C=O) groups is 2. The molecule has 0 bridgehead atoms. The molecule has 1 aromatic rings. The lowest BCUT2D eigenvalue weighted by molar-refractivity contribution is -0.144. The van der Waals surface area contributed by atoms with Gasteiger partial charge in [0.1, 0.15) is 11.5 Å². The largest absolute Gasteiger partial charge is 0.497 e. The van der Waals surface area contributed by atoms with Crippen molar-refractivity contribution in [3.05, 3.63) is 29.8 Å². The molecule has 5 heteroatoms. The molecular formula is C15H21NO4. The third-order valence-electron chi connectivity index (χ3n) is 2.67. The molecule has 110 valence electrons. The van der Waals surface area contributed by atoms with Crippen LogP contribution in [0.25, 0.3) is 0 Å². The number of ether oxygens (including phenoxy) is 2. The summed E-state index contributed by atoms with van der Waals surface area (Å²) in [5.41, 5.74) is 1.01. The second-order valence-electron chi connectivity index (χ2n) is 4.50. The smallest absolute Gasteiger partial charge is 0.320 e. The van der Waals surface area contributed by atoms with Gasteiger partial charge in [-0.1, -0.05) is 12.1 Å². The van der Waals surface area contributed by atoms with Crippen LogP contribution in [0.4, 0.5) is 0 Å². The summed E-state index contributed by atoms with van der Waals surface area (Å²) in [5.74, 6) is 0.474. The average molecular weight is 279 g/mol. The van der Waals surface area contributed by atoms with E-state index in [1.165, 1.54) is 6.92 Å². The van der Waals surface area contributed by atoms with Crippen LogP contribution >= 0.6 is 0 Å². The maximum atomic E-state index is 11.5. The Morgan fingerprint density at radius 2 is 1.80 bits per heavy atom. The molecule has 1 aromatic carbocycles. The van der Waals surface area contributed by atoms with Crippen LogP contribution in [0.15, 0.2) is 24.3 Å². The van der Waals surface area contributed by atoms with E-state index < -0.39 is 0 Å². The Kier molecular flexibility index (Phi) is 6.73. The highest BCUT2D eigenvalue weighted by atomic mass is 16.5. The molecule has 0 N–H and O–H groups in total. The Morgan fingerprint density at radius 3 is 2.30 bits per heavy atom. The van der Waals surface area contributed by atoms with Crippen LogP contribution in [-0.4, -0.2) is 43.5 Å². The summed E-state index contributed by atoms with van der Waals surface area (Å²) < 4.78 is 10.0. The zero-order chi connectivity index (χ0) is 15.0. The first-order valence-electron chi connectivity index (χ1n) is 6.55. The van der Waals surface area contributed by atoms with Crippen LogP contribution < -0.4 is 4.74 Å². The van der Waals surface area contributed by atoms with Crippen LogP contribution in [0.1, 0.15) is 19.4 Å². The molecule has 0 fully saturated rings. The molecule has 0 saturated carbocycles. The molecular weight excluding hydrogens is 258 g/mol. The lowest BCUT2D eigenvalue weighted by Crippen LogP contribution is -2.34. The van der Waals surface area contributed by atoms with Crippen LogP contribution in [0.5, 0.6) is 5.75 Å². The zero-order valence-corrected chi connectivity index (χ0v) is 12.2. The van der Waals surface area contributed by atoms with E-state index in [1.54, 1.807) is 18.9 Å². The van der Waals surface area contributed by atoms with Gasteiger partial charge in [-0.2, -0.15) is 0 Å². The van der Waals surface area contributed by atoms with Gasteiger partial charge in [0.25, 0.3) is 0 Å². The molecule has 0 atom stereocenters. The molecule has 0 radical (unpaired) electrons. The molecule has 0 aliphatic carbocycles. The SMILES string of the molecule is CCOC(=O)CN(CC(C)=O)Cc1ccc(OC)cc1. The number of hydrogen-bond acceptors (Lipinski definition) is 5. The van der Waals surface area contributed by atoms with Crippen molar-refractivity contribution in [2.45, 2.75) is 20.4 Å². The Hall–Kier alpha value is -1.88. The first kappa shape index (κ1) is 16.2. The Bertz CT molecular complexity index is 442. The second-order valence-corrected chi connectivity index (χ2v) is 4.50. The highest BCUT2D eigenvalue weighted by molar-refractivity contribution is 5.79. The lowest BCUT2D eigenvalue weighted by Gasteiger charge is -2.20. The van der Waals surface area contributed by atoms with Gasteiger partial charge in [0.2, 0.25) is 0 Å². The number of benzene rings is 1. The predicted octanol–water partition coefficient (Wildman–Crippen LogP) is 1.65. The minimum absolute atomic E-state index is 0.0165. The van der Waals surface area contributed by atoms with Crippen molar-refractivity contribution >= 4 is 11.8 Å². The van der Waals surface area contributed by atoms with Gasteiger partial charge in [0.05, 0.1) is 26.8 Å². The fourth-order valence-electron chi connectivity index (χ4n) is 1.86. The molecule has 0 aliphatic heterocycles. The van der Waals surface area contributed by atoms with Crippen LogP contribution in [0, 0.1) is 0 Å². The van der Waals surface area contributed by atoms with E-state index in [4.69, 9.17) is 9.47 Å². The standard InChI is InChI=1S/C15H21NO4/c1-4-20-15(18)11-16(9-12(2)17)10-13-5-7-14(19-3)8-6-13/h5-8H,4,9-11H2,1-3H3. The van der Waals surface area contributed by atoms with Crippen LogP contribution in [0.3, 0.4) is 0 Å². The third-order valence-corrected chi connectivity index (χ3v) is 2.67. The van der Waals surface area contributed by atoms with Gasteiger partial charge in [0, 0.05) is 6.54 Å². The van der Waals surface area contributed by atoms with Gasteiger partial charge in [0.15, 0.2) is 0 Å². The van der Waals surface area contributed by atoms with Gasteiger partial charge in [-0.15, -0.1) is 0 Å². The normalized spacial score (nSPS) is 10.4. The molecule has 0 saturated heterocycles. The van der Waals surface area contributed by atoms with Crippen molar-refractivity contribution in [2.75, 3.05) is 26.8 Å². The highest BCUT2D eigenvalue weighted by Gasteiger charge is 2.14. The third kappa shape index (κ3) is 5.84. The minimum atomic E-state index is -0.317. The van der Waals surface area contributed by atoms with Crippen molar-refractivity contribution in [3.63, 3.8) is 0 Å². The molecule has 1 rings (SSSR count). The molecule has 0 amide bonds. The number of carbonyl (C=O) groups excluding carboxylic acids is 2. The zero-order valence-electron chi connectivity index (χ0n) is 12.2. The quantitative estimate of drug-likeness (QED) is 0.677. The highest BCUT2D eigenvalue weighted by Crippen LogP contribution is 2.13. The maximum absolute atomic E-state index is 11.5. The monoisotopic (exact) mass is 279 g/mol. The minimum Gasteiger partial charge on any atom is -0.497 e. The number of hydrogen-bond donors (Lipinski definition) is 0.